The van der Waals surface area contributed by atoms with Crippen LogP contribution in [0, 0.1) is 5.92 Å². The van der Waals surface area contributed by atoms with Gasteiger partial charge in [-0.3, -0.25) is 4.79 Å². The lowest BCUT2D eigenvalue weighted by Gasteiger charge is -2.41. The second-order valence-electron chi connectivity index (χ2n) is 9.55. The van der Waals surface area contributed by atoms with Gasteiger partial charge in [0.25, 0.3) is 0 Å². The summed E-state index contributed by atoms with van der Waals surface area (Å²) in [4.78, 5) is 12.6. The molecule has 0 N–H and O–H groups in total. The van der Waals surface area contributed by atoms with E-state index < -0.39 is 0 Å². The van der Waals surface area contributed by atoms with E-state index in [1.165, 1.54) is 40.3 Å². The maximum absolute atomic E-state index is 12.6. The molecule has 1 nitrogen and oxygen atoms in total. The van der Waals surface area contributed by atoms with Gasteiger partial charge in [-0.1, -0.05) is 62.8 Å². The van der Waals surface area contributed by atoms with Crippen LogP contribution < -0.4 is 0 Å². The van der Waals surface area contributed by atoms with Gasteiger partial charge < -0.3 is 0 Å². The lowest BCUT2D eigenvalue weighted by molar-refractivity contribution is -0.120. The van der Waals surface area contributed by atoms with Gasteiger partial charge in [0.1, 0.15) is 5.78 Å². The molecule has 0 saturated heterocycles. The van der Waals surface area contributed by atoms with Gasteiger partial charge >= 0.3 is 0 Å². The Labute approximate surface area is 150 Å². The molecule has 1 heteroatoms. The first kappa shape index (κ1) is 15.4. The number of benzene rings is 2. The number of Topliss-reactive ketones (excluding diaryl/α,β-unsaturated/α-hetero) is 1. The number of fused-ring (bicyclic) bond motifs is 6. The number of carbonyl (C=O) groups excluding carboxylic acids is 1. The molecule has 3 aliphatic carbocycles. The van der Waals surface area contributed by atoms with Gasteiger partial charge in [-0.25, -0.2) is 0 Å². The zero-order valence-electron chi connectivity index (χ0n) is 15.5. The van der Waals surface area contributed by atoms with Gasteiger partial charge in [0.15, 0.2) is 0 Å². The van der Waals surface area contributed by atoms with E-state index in [0.717, 1.165) is 12.8 Å². The fourth-order valence-electron chi connectivity index (χ4n) is 5.57. The smallest absolute Gasteiger partial charge is 0.138 e. The zero-order valence-corrected chi connectivity index (χ0v) is 15.5. The van der Waals surface area contributed by atoms with Crippen molar-refractivity contribution >= 4 is 16.6 Å². The van der Waals surface area contributed by atoms with Crippen LogP contribution in [0.2, 0.25) is 0 Å². The second kappa shape index (κ2) is 4.84. The Morgan fingerprint density at radius 2 is 1.88 bits per heavy atom. The number of allylic oxidation sites excluding steroid dienone is 2. The lowest BCUT2D eigenvalue weighted by atomic mass is 9.62. The van der Waals surface area contributed by atoms with Crippen LogP contribution in [0.5, 0.6) is 0 Å². The maximum Gasteiger partial charge on any atom is 0.138 e. The first-order valence-electron chi connectivity index (χ1n) is 9.62. The molecule has 3 aliphatic rings. The number of ketones is 1. The molecule has 0 amide bonds. The Balaban J connectivity index is 1.71. The SMILES string of the molecule is CC(C)(C)c1ccc2cc3c(cc2c1)CC(=O)CC31CC2=CCC1C2. The number of carbonyl (C=O) groups is 1. The van der Waals surface area contributed by atoms with Crippen molar-refractivity contribution in [2.75, 3.05) is 0 Å². The van der Waals surface area contributed by atoms with Crippen LogP contribution in [0.4, 0.5) is 0 Å². The van der Waals surface area contributed by atoms with Crippen molar-refractivity contribution < 1.29 is 4.79 Å². The van der Waals surface area contributed by atoms with Gasteiger partial charge in [-0.2, -0.15) is 0 Å². The van der Waals surface area contributed by atoms with Crippen LogP contribution in [0.3, 0.4) is 0 Å². The number of hydrogen-bond donors (Lipinski definition) is 0. The first-order valence-corrected chi connectivity index (χ1v) is 9.62. The second-order valence-corrected chi connectivity index (χ2v) is 9.55. The normalized spacial score (nSPS) is 27.9. The summed E-state index contributed by atoms with van der Waals surface area (Å²) in [5, 5.41) is 2.62. The molecular formula is C24H26O. The summed E-state index contributed by atoms with van der Waals surface area (Å²) >= 11 is 0. The molecule has 0 radical (unpaired) electrons. The summed E-state index contributed by atoms with van der Waals surface area (Å²) in [7, 11) is 0. The summed E-state index contributed by atoms with van der Waals surface area (Å²) < 4.78 is 0. The van der Waals surface area contributed by atoms with Crippen LogP contribution in [-0.2, 0) is 22.0 Å². The van der Waals surface area contributed by atoms with Crippen LogP contribution in [-0.4, -0.2) is 5.78 Å². The van der Waals surface area contributed by atoms with Gasteiger partial charge in [-0.15, -0.1) is 0 Å². The fourth-order valence-corrected chi connectivity index (χ4v) is 5.57. The summed E-state index contributed by atoms with van der Waals surface area (Å²) in [6.07, 6.45) is 7.30. The van der Waals surface area contributed by atoms with Gasteiger partial charge in [0.05, 0.1) is 0 Å². The molecule has 5 rings (SSSR count). The van der Waals surface area contributed by atoms with Crippen LogP contribution >= 0.6 is 0 Å². The summed E-state index contributed by atoms with van der Waals surface area (Å²) in [6, 6.07) is 11.6. The summed E-state index contributed by atoms with van der Waals surface area (Å²) in [5.41, 5.74) is 5.99. The van der Waals surface area contributed by atoms with Gasteiger partial charge in [-0.05, 0) is 58.1 Å². The summed E-state index contributed by atoms with van der Waals surface area (Å²) in [6.45, 7) is 6.77. The maximum atomic E-state index is 12.6. The third-order valence-corrected chi connectivity index (χ3v) is 6.89. The average Bonchev–Trinajstić information content (AvgIpc) is 3.13. The highest BCUT2D eigenvalue weighted by Crippen LogP contribution is 2.58. The molecule has 2 aromatic rings. The monoisotopic (exact) mass is 330 g/mol. The van der Waals surface area contributed by atoms with E-state index in [2.05, 4.69) is 57.2 Å². The largest absolute Gasteiger partial charge is 0.299 e. The molecule has 2 aromatic carbocycles. The van der Waals surface area contributed by atoms with E-state index in [4.69, 9.17) is 0 Å². The topological polar surface area (TPSA) is 17.1 Å². The van der Waals surface area contributed by atoms with Crippen molar-refractivity contribution in [3.05, 3.63) is 58.7 Å². The van der Waals surface area contributed by atoms with Crippen LogP contribution in [0.25, 0.3) is 10.8 Å². The molecule has 2 bridgehead atoms. The van der Waals surface area contributed by atoms with E-state index in [0.29, 0.717) is 18.1 Å². The van der Waals surface area contributed by atoms with Gasteiger partial charge in [0.2, 0.25) is 0 Å². The molecule has 128 valence electrons. The molecule has 0 aromatic heterocycles. The minimum atomic E-state index is 0.103. The number of rotatable bonds is 0. The van der Waals surface area contributed by atoms with Crippen LogP contribution in [0.1, 0.15) is 63.1 Å². The quantitative estimate of drug-likeness (QED) is 0.572. The lowest BCUT2D eigenvalue weighted by Crippen LogP contribution is -2.39. The molecule has 1 fully saturated rings. The first-order chi connectivity index (χ1) is 11.8. The standard InChI is InChI=1S/C24H26O/c1-23(2,3)19-7-5-16-12-22-18(9-17(16)10-19)11-21(25)14-24(22)13-15-4-6-20(24)8-15/h4-5,7,9-10,12,20H,6,8,11,13-14H2,1-3H3. The Morgan fingerprint density at radius 3 is 2.56 bits per heavy atom. The summed E-state index contributed by atoms with van der Waals surface area (Å²) in [5.74, 6) is 1.09. The Kier molecular flexibility index (Phi) is 2.98. The third kappa shape index (κ3) is 2.18. The highest BCUT2D eigenvalue weighted by molar-refractivity contribution is 5.91. The van der Waals surface area contributed by atoms with E-state index in [1.54, 1.807) is 5.57 Å². The highest BCUT2D eigenvalue weighted by atomic mass is 16.1. The van der Waals surface area contributed by atoms with E-state index in [9.17, 15) is 4.79 Å². The molecule has 0 heterocycles. The van der Waals surface area contributed by atoms with Crippen molar-refractivity contribution in [1.82, 2.24) is 0 Å². The molecule has 25 heavy (non-hydrogen) atoms. The van der Waals surface area contributed by atoms with Crippen molar-refractivity contribution in [2.45, 2.75) is 63.7 Å². The minimum absolute atomic E-state index is 0.103. The Hall–Kier alpha value is -1.89. The third-order valence-electron chi connectivity index (χ3n) is 6.89. The highest BCUT2D eigenvalue weighted by Gasteiger charge is 2.51. The fraction of sp³-hybridized carbons (Fsp3) is 0.458. The molecule has 2 atom stereocenters. The predicted molar refractivity (Wildman–Crippen MR) is 103 cm³/mol. The van der Waals surface area contributed by atoms with E-state index in [-0.39, 0.29) is 10.8 Å². The number of hydrogen-bond acceptors (Lipinski definition) is 1. The molecule has 2 unspecified atom stereocenters. The minimum Gasteiger partial charge on any atom is -0.299 e. The zero-order chi connectivity index (χ0) is 17.4. The van der Waals surface area contributed by atoms with E-state index >= 15 is 0 Å². The molecule has 0 aliphatic heterocycles. The average molecular weight is 330 g/mol. The molecule has 1 spiro atoms. The van der Waals surface area contributed by atoms with Gasteiger partial charge in [0, 0.05) is 18.3 Å². The van der Waals surface area contributed by atoms with E-state index in [1.807, 2.05) is 0 Å². The predicted octanol–water partition coefficient (Wildman–Crippen LogP) is 5.63. The van der Waals surface area contributed by atoms with Crippen LogP contribution in [0.15, 0.2) is 42.0 Å². The van der Waals surface area contributed by atoms with Crippen molar-refractivity contribution in [3.8, 4) is 0 Å². The Morgan fingerprint density at radius 1 is 1.04 bits per heavy atom. The van der Waals surface area contributed by atoms with Crippen molar-refractivity contribution in [3.63, 3.8) is 0 Å². The molecular weight excluding hydrogens is 304 g/mol. The van der Waals surface area contributed by atoms with Crippen molar-refractivity contribution in [2.24, 2.45) is 5.92 Å². The Bertz CT molecular complexity index is 940. The van der Waals surface area contributed by atoms with Crippen molar-refractivity contribution in [1.29, 1.82) is 0 Å². The molecule has 1 saturated carbocycles.